The lowest BCUT2D eigenvalue weighted by atomic mass is 9.62. The van der Waals surface area contributed by atoms with Crippen LogP contribution < -0.4 is 0 Å². The van der Waals surface area contributed by atoms with Gasteiger partial charge in [0.2, 0.25) is 0 Å². The normalized spacial score (nSPS) is 15.1. The van der Waals surface area contributed by atoms with E-state index in [1.165, 1.54) is 51.4 Å². The fraction of sp³-hybridized carbons (Fsp3) is 0.205. The van der Waals surface area contributed by atoms with Gasteiger partial charge >= 0.3 is 0 Å². The summed E-state index contributed by atoms with van der Waals surface area (Å²) in [4.78, 5) is 15.3. The van der Waals surface area contributed by atoms with Gasteiger partial charge in [0.1, 0.15) is 0 Å². The smallest absolute Gasteiger partial charge is 0.164 e. The molecule has 1 aliphatic carbocycles. The van der Waals surface area contributed by atoms with Gasteiger partial charge in [-0.1, -0.05) is 137 Å². The average molecular weight is 610 g/mol. The zero-order valence-electron chi connectivity index (χ0n) is 27.8. The molecule has 0 bridgehead atoms. The van der Waals surface area contributed by atoms with Crippen molar-refractivity contribution in [2.24, 2.45) is 0 Å². The Morgan fingerprint density at radius 3 is 1.72 bits per heavy atom. The first-order chi connectivity index (χ1) is 22.7. The fourth-order valence-electron chi connectivity index (χ4n) is 7.41. The average Bonchev–Trinajstić information content (AvgIpc) is 3.10. The van der Waals surface area contributed by atoms with Crippen LogP contribution in [0.1, 0.15) is 57.2 Å². The second kappa shape index (κ2) is 11.0. The molecule has 0 aliphatic heterocycles. The van der Waals surface area contributed by atoms with Crippen LogP contribution in [0.4, 0.5) is 0 Å². The third-order valence-corrected chi connectivity index (χ3v) is 10.3. The molecule has 0 unspecified atom stereocenters. The van der Waals surface area contributed by atoms with Crippen molar-refractivity contribution in [3.63, 3.8) is 0 Å². The lowest BCUT2D eigenvalue weighted by Gasteiger charge is -2.42. The number of aryl methyl sites for hydroxylation is 1. The van der Waals surface area contributed by atoms with E-state index in [1.54, 1.807) is 0 Å². The van der Waals surface area contributed by atoms with E-state index in [9.17, 15) is 0 Å². The molecule has 7 aromatic rings. The molecule has 0 fully saturated rings. The van der Waals surface area contributed by atoms with Gasteiger partial charge in [0.25, 0.3) is 0 Å². The molecule has 0 spiro atoms. The molecule has 8 rings (SSSR count). The minimum Gasteiger partial charge on any atom is -0.208 e. The Bertz CT molecular complexity index is 2310. The fourth-order valence-corrected chi connectivity index (χ4v) is 7.41. The minimum atomic E-state index is 0.140. The van der Waals surface area contributed by atoms with Crippen LogP contribution >= 0.6 is 0 Å². The van der Waals surface area contributed by atoms with Crippen LogP contribution in [0.15, 0.2) is 121 Å². The van der Waals surface area contributed by atoms with Gasteiger partial charge in [-0.3, -0.25) is 0 Å². The van der Waals surface area contributed by atoms with Crippen molar-refractivity contribution in [3.05, 3.63) is 138 Å². The van der Waals surface area contributed by atoms with E-state index < -0.39 is 0 Å². The zero-order chi connectivity index (χ0) is 32.3. The lowest BCUT2D eigenvalue weighted by molar-refractivity contribution is 0.332. The summed E-state index contributed by atoms with van der Waals surface area (Å²) in [6.45, 7) is 11.9. The number of hydrogen-bond acceptors (Lipinski definition) is 3. The number of aromatic nitrogens is 3. The van der Waals surface area contributed by atoms with E-state index in [0.717, 1.165) is 27.5 Å². The van der Waals surface area contributed by atoms with Crippen LogP contribution in [-0.4, -0.2) is 15.0 Å². The van der Waals surface area contributed by atoms with Gasteiger partial charge in [-0.05, 0) is 92.1 Å². The maximum absolute atomic E-state index is 5.15. The van der Waals surface area contributed by atoms with Crippen LogP contribution in [0.25, 0.3) is 66.8 Å². The highest BCUT2D eigenvalue weighted by Gasteiger charge is 2.37. The number of fused-ring (bicyclic) bond motifs is 3. The van der Waals surface area contributed by atoms with E-state index in [-0.39, 0.29) is 10.8 Å². The monoisotopic (exact) mass is 609 g/mol. The Morgan fingerprint density at radius 1 is 0.447 bits per heavy atom. The second-order valence-electron chi connectivity index (χ2n) is 14.4. The van der Waals surface area contributed by atoms with E-state index in [4.69, 9.17) is 15.0 Å². The van der Waals surface area contributed by atoms with E-state index in [1.807, 2.05) is 18.2 Å². The molecule has 0 saturated carbocycles. The molecule has 0 radical (unpaired) electrons. The van der Waals surface area contributed by atoms with Gasteiger partial charge in [-0.15, -0.1) is 0 Å². The van der Waals surface area contributed by atoms with Crippen molar-refractivity contribution in [1.29, 1.82) is 0 Å². The Labute approximate surface area is 277 Å². The van der Waals surface area contributed by atoms with Crippen LogP contribution in [0, 0.1) is 6.92 Å². The summed E-state index contributed by atoms with van der Waals surface area (Å²) in [5.41, 5.74) is 10.1. The predicted molar refractivity (Wildman–Crippen MR) is 197 cm³/mol. The highest BCUT2D eigenvalue weighted by molar-refractivity contribution is 6.04. The van der Waals surface area contributed by atoms with Crippen LogP contribution in [0.5, 0.6) is 0 Å². The summed E-state index contributed by atoms with van der Waals surface area (Å²) in [6, 6.07) is 43.2. The molecule has 0 amide bonds. The number of rotatable bonds is 4. The first kappa shape index (κ1) is 29.3. The largest absolute Gasteiger partial charge is 0.208 e. The molecule has 230 valence electrons. The molecule has 6 aromatic carbocycles. The van der Waals surface area contributed by atoms with Gasteiger partial charge in [-0.25, -0.2) is 15.0 Å². The van der Waals surface area contributed by atoms with Crippen molar-refractivity contribution >= 4 is 21.5 Å². The second-order valence-corrected chi connectivity index (χ2v) is 14.4. The standard InChI is InChI=1S/C44H39N3/c1-28-25-38-39(44(4,5)24-23-43(38,2)3)27-37(28)35-21-22-36(34-18-12-11-17-33(34)35)42-46-40(30-14-7-6-8-15-30)45-41(47-42)32-20-19-29-13-9-10-16-31(29)26-32/h6-22,25-27H,23-24H2,1-5H3. The Morgan fingerprint density at radius 2 is 1.00 bits per heavy atom. The van der Waals surface area contributed by atoms with Gasteiger partial charge in [-0.2, -0.15) is 0 Å². The molecular formula is C44H39N3. The van der Waals surface area contributed by atoms with E-state index in [2.05, 4.69) is 138 Å². The maximum Gasteiger partial charge on any atom is 0.164 e. The van der Waals surface area contributed by atoms with Crippen LogP contribution in [0.3, 0.4) is 0 Å². The molecule has 0 N–H and O–H groups in total. The first-order valence-corrected chi connectivity index (χ1v) is 16.7. The van der Waals surface area contributed by atoms with E-state index >= 15 is 0 Å². The van der Waals surface area contributed by atoms with Crippen molar-refractivity contribution < 1.29 is 0 Å². The van der Waals surface area contributed by atoms with Gasteiger partial charge in [0.05, 0.1) is 0 Å². The molecule has 3 nitrogen and oxygen atoms in total. The predicted octanol–water partition coefficient (Wildman–Crippen LogP) is 11.5. The molecule has 1 aliphatic rings. The first-order valence-electron chi connectivity index (χ1n) is 16.7. The number of nitrogens with zero attached hydrogens (tertiary/aromatic N) is 3. The highest BCUT2D eigenvalue weighted by Crippen LogP contribution is 2.48. The summed E-state index contributed by atoms with van der Waals surface area (Å²) < 4.78 is 0. The molecule has 1 heterocycles. The van der Waals surface area contributed by atoms with Crippen molar-refractivity contribution in [2.45, 2.75) is 58.3 Å². The Balaban J connectivity index is 1.33. The number of hydrogen-bond donors (Lipinski definition) is 0. The van der Waals surface area contributed by atoms with Gasteiger partial charge in [0.15, 0.2) is 17.5 Å². The van der Waals surface area contributed by atoms with Crippen LogP contribution in [0.2, 0.25) is 0 Å². The molecule has 1 aromatic heterocycles. The van der Waals surface area contributed by atoms with Gasteiger partial charge in [0, 0.05) is 16.7 Å². The summed E-state index contributed by atoms with van der Waals surface area (Å²) >= 11 is 0. The lowest BCUT2D eigenvalue weighted by Crippen LogP contribution is -2.34. The summed E-state index contributed by atoms with van der Waals surface area (Å²) in [7, 11) is 0. The molecule has 0 atom stereocenters. The minimum absolute atomic E-state index is 0.140. The number of benzene rings is 6. The topological polar surface area (TPSA) is 38.7 Å². The summed E-state index contributed by atoms with van der Waals surface area (Å²) in [5.74, 6) is 2.01. The zero-order valence-corrected chi connectivity index (χ0v) is 27.8. The Kier molecular flexibility index (Phi) is 6.84. The maximum atomic E-state index is 5.15. The molecule has 47 heavy (non-hydrogen) atoms. The van der Waals surface area contributed by atoms with Crippen molar-refractivity contribution in [2.75, 3.05) is 0 Å². The molecule has 3 heteroatoms. The summed E-state index contributed by atoms with van der Waals surface area (Å²) in [5, 5.41) is 4.70. The third kappa shape index (κ3) is 5.11. The SMILES string of the molecule is Cc1cc2c(cc1-c1ccc(-c3nc(-c4ccccc4)nc(-c4ccc5ccccc5c4)n3)c3ccccc13)C(C)(C)CCC2(C)C. The molecular weight excluding hydrogens is 571 g/mol. The highest BCUT2D eigenvalue weighted by atomic mass is 15.0. The summed E-state index contributed by atoms with van der Waals surface area (Å²) in [6.07, 6.45) is 2.40. The molecule has 0 saturated heterocycles. The van der Waals surface area contributed by atoms with Crippen molar-refractivity contribution in [3.8, 4) is 45.3 Å². The van der Waals surface area contributed by atoms with Gasteiger partial charge < -0.3 is 0 Å². The van der Waals surface area contributed by atoms with Crippen LogP contribution in [-0.2, 0) is 10.8 Å². The Hall–Kier alpha value is -5.15. The van der Waals surface area contributed by atoms with Crippen molar-refractivity contribution in [1.82, 2.24) is 15.0 Å². The van der Waals surface area contributed by atoms with E-state index in [0.29, 0.717) is 17.5 Å². The quantitative estimate of drug-likeness (QED) is 0.199. The third-order valence-electron chi connectivity index (χ3n) is 10.3.